The summed E-state index contributed by atoms with van der Waals surface area (Å²) in [6, 6.07) is 35.8. The van der Waals surface area contributed by atoms with Gasteiger partial charge in [-0.1, -0.05) is 64.5 Å². The highest BCUT2D eigenvalue weighted by Gasteiger charge is 2.12. The van der Waals surface area contributed by atoms with Gasteiger partial charge in [0.25, 0.3) is 0 Å². The lowest BCUT2D eigenvalue weighted by atomic mass is 9.97. The molecular weight excluding hydrogens is 472 g/mol. The lowest BCUT2D eigenvalue weighted by Gasteiger charge is -2.08. The molecule has 0 N–H and O–H groups in total. The molecule has 0 unspecified atom stereocenters. The summed E-state index contributed by atoms with van der Waals surface area (Å²) in [5, 5.41) is 4.55. The second-order valence-electron chi connectivity index (χ2n) is 8.35. The van der Waals surface area contributed by atoms with Crippen LogP contribution in [0.5, 0.6) is 0 Å². The van der Waals surface area contributed by atoms with E-state index in [0.29, 0.717) is 0 Å². The molecule has 2 nitrogen and oxygen atoms in total. The summed E-state index contributed by atoms with van der Waals surface area (Å²) in [4.78, 5) is 0. The monoisotopic (exact) mass is 488 g/mol. The molecule has 0 aliphatic carbocycles. The number of halogens is 1. The molecule has 156 valence electrons. The average molecular weight is 489 g/mol. The van der Waals surface area contributed by atoms with Gasteiger partial charge in [0, 0.05) is 26.0 Å². The predicted octanol–water partition coefficient (Wildman–Crippen LogP) is 9.58. The van der Waals surface area contributed by atoms with Crippen LogP contribution in [0.2, 0.25) is 0 Å². The summed E-state index contributed by atoms with van der Waals surface area (Å²) in [5.74, 6) is 0. The van der Waals surface area contributed by atoms with Gasteiger partial charge in [0.1, 0.15) is 22.3 Å². The fraction of sp³-hybridized carbons (Fsp3) is 0. The Kier molecular flexibility index (Phi) is 4.02. The van der Waals surface area contributed by atoms with E-state index in [1.807, 2.05) is 24.3 Å². The summed E-state index contributed by atoms with van der Waals surface area (Å²) in [7, 11) is 0. The van der Waals surface area contributed by atoms with Crippen LogP contribution >= 0.6 is 15.9 Å². The van der Waals surface area contributed by atoms with Crippen LogP contribution < -0.4 is 0 Å². The Morgan fingerprint density at radius 1 is 0.394 bits per heavy atom. The van der Waals surface area contributed by atoms with Crippen molar-refractivity contribution in [1.82, 2.24) is 0 Å². The SMILES string of the molecule is Brc1cc(-c2ccc3oc4ccccc4c3c2)cc(-c2ccc3oc4ccccc4c3c2)c1. The minimum atomic E-state index is 0.910. The van der Waals surface area contributed by atoms with Gasteiger partial charge in [-0.25, -0.2) is 0 Å². The van der Waals surface area contributed by atoms with E-state index in [-0.39, 0.29) is 0 Å². The van der Waals surface area contributed by atoms with Gasteiger partial charge in [0.15, 0.2) is 0 Å². The first kappa shape index (κ1) is 18.7. The van der Waals surface area contributed by atoms with E-state index >= 15 is 0 Å². The Morgan fingerprint density at radius 2 is 0.848 bits per heavy atom. The quantitative estimate of drug-likeness (QED) is 0.242. The van der Waals surface area contributed by atoms with Gasteiger partial charge in [-0.15, -0.1) is 0 Å². The third-order valence-electron chi connectivity index (χ3n) is 6.32. The van der Waals surface area contributed by atoms with E-state index in [4.69, 9.17) is 8.83 Å². The molecule has 0 amide bonds. The summed E-state index contributed by atoms with van der Waals surface area (Å²) < 4.78 is 13.1. The van der Waals surface area contributed by atoms with Crippen LogP contribution in [0.25, 0.3) is 66.1 Å². The standard InChI is InChI=1S/C30H17BrO2/c31-22-14-20(18-9-11-29-25(16-18)23-5-1-3-7-27(23)32-29)13-21(15-22)19-10-12-30-26(17-19)24-6-2-4-8-28(24)33-30/h1-17H. The zero-order chi connectivity index (χ0) is 21.9. The van der Waals surface area contributed by atoms with Crippen molar-refractivity contribution < 1.29 is 8.83 Å². The number of rotatable bonds is 2. The van der Waals surface area contributed by atoms with E-state index in [1.165, 1.54) is 0 Å². The van der Waals surface area contributed by atoms with Crippen molar-refractivity contribution >= 4 is 59.8 Å². The third-order valence-corrected chi connectivity index (χ3v) is 6.78. The predicted molar refractivity (Wildman–Crippen MR) is 140 cm³/mol. The molecule has 0 bridgehead atoms. The van der Waals surface area contributed by atoms with Gasteiger partial charge < -0.3 is 8.83 Å². The molecule has 0 saturated heterocycles. The lowest BCUT2D eigenvalue weighted by molar-refractivity contribution is 0.668. The number of para-hydroxylation sites is 2. The smallest absolute Gasteiger partial charge is 0.135 e. The highest BCUT2D eigenvalue weighted by Crippen LogP contribution is 2.37. The van der Waals surface area contributed by atoms with Gasteiger partial charge >= 0.3 is 0 Å². The Morgan fingerprint density at radius 3 is 1.36 bits per heavy atom. The molecule has 7 aromatic rings. The van der Waals surface area contributed by atoms with Crippen LogP contribution in [0.3, 0.4) is 0 Å². The van der Waals surface area contributed by atoms with Gasteiger partial charge in [-0.3, -0.25) is 0 Å². The Labute approximate surface area is 198 Å². The highest BCUT2D eigenvalue weighted by molar-refractivity contribution is 9.10. The number of furan rings is 2. The molecule has 7 rings (SSSR count). The molecule has 0 atom stereocenters. The molecule has 0 fully saturated rings. The molecule has 0 radical (unpaired) electrons. The fourth-order valence-corrected chi connectivity index (χ4v) is 5.23. The van der Waals surface area contributed by atoms with Crippen LogP contribution in [-0.4, -0.2) is 0 Å². The molecular formula is C30H17BrO2. The van der Waals surface area contributed by atoms with Crippen LogP contribution in [0.4, 0.5) is 0 Å². The molecule has 2 aromatic heterocycles. The van der Waals surface area contributed by atoms with Crippen molar-refractivity contribution in [2.45, 2.75) is 0 Å². The van der Waals surface area contributed by atoms with Crippen molar-refractivity contribution in [3.8, 4) is 22.3 Å². The second-order valence-corrected chi connectivity index (χ2v) is 9.26. The molecule has 2 heterocycles. The minimum Gasteiger partial charge on any atom is -0.456 e. The molecule has 0 spiro atoms. The van der Waals surface area contributed by atoms with E-state index in [1.54, 1.807) is 0 Å². The molecule has 3 heteroatoms. The number of fused-ring (bicyclic) bond motifs is 6. The first-order valence-corrected chi connectivity index (χ1v) is 11.7. The van der Waals surface area contributed by atoms with Crippen molar-refractivity contribution in [2.75, 3.05) is 0 Å². The summed E-state index contributed by atoms with van der Waals surface area (Å²) >= 11 is 3.73. The summed E-state index contributed by atoms with van der Waals surface area (Å²) in [5.41, 5.74) is 8.28. The molecule has 0 aliphatic heterocycles. The van der Waals surface area contributed by atoms with E-state index < -0.39 is 0 Å². The second kappa shape index (κ2) is 7.09. The van der Waals surface area contributed by atoms with E-state index in [9.17, 15) is 0 Å². The fourth-order valence-electron chi connectivity index (χ4n) is 4.73. The highest BCUT2D eigenvalue weighted by atomic mass is 79.9. The zero-order valence-electron chi connectivity index (χ0n) is 17.5. The largest absolute Gasteiger partial charge is 0.456 e. The van der Waals surface area contributed by atoms with Crippen LogP contribution in [0.1, 0.15) is 0 Å². The zero-order valence-corrected chi connectivity index (χ0v) is 19.1. The number of hydrogen-bond donors (Lipinski definition) is 0. The number of benzene rings is 5. The maximum absolute atomic E-state index is 6.01. The normalized spacial score (nSPS) is 11.8. The maximum atomic E-state index is 6.01. The van der Waals surface area contributed by atoms with Crippen molar-refractivity contribution in [1.29, 1.82) is 0 Å². The van der Waals surface area contributed by atoms with Crippen molar-refractivity contribution in [3.63, 3.8) is 0 Å². The average Bonchev–Trinajstić information content (AvgIpc) is 3.41. The Balaban J connectivity index is 1.39. The molecule has 5 aromatic carbocycles. The van der Waals surface area contributed by atoms with Crippen LogP contribution in [-0.2, 0) is 0 Å². The van der Waals surface area contributed by atoms with Crippen molar-refractivity contribution in [2.24, 2.45) is 0 Å². The van der Waals surface area contributed by atoms with Crippen molar-refractivity contribution in [3.05, 3.63) is 108 Å². The van der Waals surface area contributed by atoms with Crippen LogP contribution in [0.15, 0.2) is 116 Å². The molecule has 0 saturated carbocycles. The topological polar surface area (TPSA) is 26.3 Å². The van der Waals surface area contributed by atoms with E-state index in [2.05, 4.69) is 94.8 Å². The summed E-state index contributed by atoms with van der Waals surface area (Å²) in [6.07, 6.45) is 0. The summed E-state index contributed by atoms with van der Waals surface area (Å²) in [6.45, 7) is 0. The number of hydrogen-bond acceptors (Lipinski definition) is 2. The minimum absolute atomic E-state index is 0.910. The maximum Gasteiger partial charge on any atom is 0.135 e. The Hall–Kier alpha value is -3.82. The van der Waals surface area contributed by atoms with Gasteiger partial charge in [-0.05, 0) is 76.9 Å². The van der Waals surface area contributed by atoms with Gasteiger partial charge in [-0.2, -0.15) is 0 Å². The van der Waals surface area contributed by atoms with Gasteiger partial charge in [0.05, 0.1) is 0 Å². The third kappa shape index (κ3) is 3.00. The first-order valence-electron chi connectivity index (χ1n) is 10.9. The molecule has 0 aliphatic rings. The first-order chi connectivity index (χ1) is 16.2. The lowest BCUT2D eigenvalue weighted by Crippen LogP contribution is -1.83. The molecule has 33 heavy (non-hydrogen) atoms. The van der Waals surface area contributed by atoms with Gasteiger partial charge in [0.2, 0.25) is 0 Å². The Bertz CT molecular complexity index is 1710. The van der Waals surface area contributed by atoms with Crippen LogP contribution in [0, 0.1) is 0 Å². The van der Waals surface area contributed by atoms with E-state index in [0.717, 1.165) is 70.6 Å².